The standard InChI is InChI=1S/C23H29N3O6/c1-7-10-31-22(28)25-15-11-14-12-18(29-5)19(30-6)13-17(14)26-16(8-9-24-20(15)26)21(27)32-23(2,3)4/h7,11-13,16H,1,8-10H2,2-6H3,(H,25,28). The fraction of sp³-hybridized carbons (Fsp3) is 0.435. The normalized spacial score (nSPS) is 17.2. The highest BCUT2D eigenvalue weighted by Crippen LogP contribution is 2.41. The molecule has 0 radical (unpaired) electrons. The van der Waals surface area contributed by atoms with Gasteiger partial charge in [0.15, 0.2) is 17.3 Å². The summed E-state index contributed by atoms with van der Waals surface area (Å²) in [5.41, 5.74) is 1.18. The van der Waals surface area contributed by atoms with Crippen molar-refractivity contribution in [2.45, 2.75) is 38.8 Å². The first-order valence-corrected chi connectivity index (χ1v) is 10.3. The number of anilines is 1. The number of nitrogens with zero attached hydrogens (tertiary/aromatic N) is 2. The predicted octanol–water partition coefficient (Wildman–Crippen LogP) is 3.29. The molecule has 0 fully saturated rings. The molecule has 1 atom stereocenters. The third-order valence-corrected chi connectivity index (χ3v) is 4.78. The molecule has 0 bridgehead atoms. The maximum Gasteiger partial charge on any atom is 0.412 e. The van der Waals surface area contributed by atoms with Crippen LogP contribution in [0, 0.1) is 0 Å². The van der Waals surface area contributed by atoms with E-state index in [-0.39, 0.29) is 12.6 Å². The number of esters is 1. The third kappa shape index (κ3) is 4.87. The van der Waals surface area contributed by atoms with Crippen LogP contribution in [0.2, 0.25) is 0 Å². The number of amides is 1. The van der Waals surface area contributed by atoms with Gasteiger partial charge >= 0.3 is 12.1 Å². The van der Waals surface area contributed by atoms with Crippen molar-refractivity contribution in [3.63, 3.8) is 0 Å². The first-order chi connectivity index (χ1) is 15.2. The number of carbonyl (C=O) groups is 2. The zero-order valence-electron chi connectivity index (χ0n) is 19.1. The lowest BCUT2D eigenvalue weighted by molar-refractivity contribution is -0.156. The van der Waals surface area contributed by atoms with E-state index >= 15 is 0 Å². The van der Waals surface area contributed by atoms with E-state index in [1.165, 1.54) is 6.08 Å². The maximum absolute atomic E-state index is 13.1. The number of hydrogen-bond donors (Lipinski definition) is 1. The van der Waals surface area contributed by atoms with Crippen molar-refractivity contribution in [3.05, 3.63) is 36.0 Å². The fourth-order valence-corrected chi connectivity index (χ4v) is 3.54. The van der Waals surface area contributed by atoms with E-state index in [0.717, 1.165) is 5.56 Å². The summed E-state index contributed by atoms with van der Waals surface area (Å²) in [7, 11) is 3.09. The number of fused-ring (bicyclic) bond motifs is 3. The number of hydrogen-bond acceptors (Lipinski definition) is 8. The Labute approximate surface area is 187 Å². The zero-order chi connectivity index (χ0) is 23.5. The van der Waals surface area contributed by atoms with Gasteiger partial charge in [-0.05, 0) is 39.3 Å². The van der Waals surface area contributed by atoms with Crippen LogP contribution in [-0.4, -0.2) is 56.9 Å². The number of ether oxygens (including phenoxy) is 4. The number of carbonyl (C=O) groups excluding carboxylic acids is 2. The van der Waals surface area contributed by atoms with Crippen LogP contribution in [0.4, 0.5) is 10.5 Å². The van der Waals surface area contributed by atoms with E-state index in [4.69, 9.17) is 18.9 Å². The highest BCUT2D eigenvalue weighted by atomic mass is 16.6. The van der Waals surface area contributed by atoms with Gasteiger partial charge in [-0.25, -0.2) is 9.59 Å². The van der Waals surface area contributed by atoms with Crippen LogP contribution in [0.15, 0.2) is 35.5 Å². The zero-order valence-corrected chi connectivity index (χ0v) is 19.1. The highest BCUT2D eigenvalue weighted by Gasteiger charge is 2.40. The summed E-state index contributed by atoms with van der Waals surface area (Å²) in [5, 5.41) is 2.72. The molecule has 9 nitrogen and oxygen atoms in total. The van der Waals surface area contributed by atoms with Crippen molar-refractivity contribution < 1.29 is 28.5 Å². The van der Waals surface area contributed by atoms with E-state index < -0.39 is 17.7 Å². The number of methoxy groups -OCH3 is 2. The van der Waals surface area contributed by atoms with E-state index in [1.54, 1.807) is 37.3 Å². The minimum Gasteiger partial charge on any atom is -0.493 e. The second-order valence-corrected chi connectivity index (χ2v) is 8.25. The summed E-state index contributed by atoms with van der Waals surface area (Å²) in [4.78, 5) is 31.7. The largest absolute Gasteiger partial charge is 0.493 e. The molecule has 172 valence electrons. The third-order valence-electron chi connectivity index (χ3n) is 4.78. The molecule has 32 heavy (non-hydrogen) atoms. The Hall–Kier alpha value is -3.49. The summed E-state index contributed by atoms with van der Waals surface area (Å²) < 4.78 is 21.6. The predicted molar refractivity (Wildman–Crippen MR) is 121 cm³/mol. The Bertz CT molecular complexity index is 977. The minimum atomic E-state index is -0.651. The summed E-state index contributed by atoms with van der Waals surface area (Å²) in [6.45, 7) is 9.48. The Morgan fingerprint density at radius 1 is 1.25 bits per heavy atom. The van der Waals surface area contributed by atoms with Crippen LogP contribution >= 0.6 is 0 Å². The van der Waals surface area contributed by atoms with Gasteiger partial charge in [-0.1, -0.05) is 12.7 Å². The fourth-order valence-electron chi connectivity index (χ4n) is 3.54. The van der Waals surface area contributed by atoms with Crippen molar-refractivity contribution in [1.29, 1.82) is 0 Å². The number of benzene rings is 1. The van der Waals surface area contributed by atoms with Crippen molar-refractivity contribution in [3.8, 4) is 11.5 Å². The average Bonchev–Trinajstić information content (AvgIpc) is 2.75. The van der Waals surface area contributed by atoms with Gasteiger partial charge in [0.1, 0.15) is 18.2 Å². The molecule has 0 spiro atoms. The number of nitrogens with one attached hydrogen (secondary N) is 1. The van der Waals surface area contributed by atoms with Crippen molar-refractivity contribution in [2.75, 3.05) is 32.3 Å². The van der Waals surface area contributed by atoms with E-state index in [9.17, 15) is 9.59 Å². The quantitative estimate of drug-likeness (QED) is 0.532. The van der Waals surface area contributed by atoms with E-state index in [1.807, 2.05) is 20.8 Å². The van der Waals surface area contributed by atoms with Crippen LogP contribution in [0.25, 0.3) is 6.08 Å². The lowest BCUT2D eigenvalue weighted by atomic mass is 9.98. The lowest BCUT2D eigenvalue weighted by Gasteiger charge is -2.40. The molecule has 1 aromatic rings. The summed E-state index contributed by atoms with van der Waals surface area (Å²) in [5.74, 6) is 1.10. The second kappa shape index (κ2) is 9.33. The monoisotopic (exact) mass is 443 g/mol. The topological polar surface area (TPSA) is 98.7 Å². The van der Waals surface area contributed by atoms with Crippen molar-refractivity contribution >= 4 is 29.7 Å². The molecule has 0 saturated carbocycles. The van der Waals surface area contributed by atoms with Gasteiger partial charge in [0.25, 0.3) is 0 Å². The number of amidine groups is 1. The molecule has 0 aromatic heterocycles. The van der Waals surface area contributed by atoms with Gasteiger partial charge in [-0.3, -0.25) is 10.3 Å². The van der Waals surface area contributed by atoms with Crippen LogP contribution in [0.1, 0.15) is 32.8 Å². The Kier molecular flexibility index (Phi) is 6.76. The first kappa shape index (κ1) is 23.2. The highest BCUT2D eigenvalue weighted by molar-refractivity contribution is 6.19. The van der Waals surface area contributed by atoms with Gasteiger partial charge in [0.2, 0.25) is 0 Å². The minimum absolute atomic E-state index is 0.0669. The van der Waals surface area contributed by atoms with Gasteiger partial charge in [-0.2, -0.15) is 0 Å². The molecule has 3 rings (SSSR count). The smallest absolute Gasteiger partial charge is 0.412 e. The lowest BCUT2D eigenvalue weighted by Crippen LogP contribution is -2.53. The Balaban J connectivity index is 2.09. The summed E-state index contributed by atoms with van der Waals surface area (Å²) in [6, 6.07) is 2.94. The van der Waals surface area contributed by atoms with E-state index in [0.29, 0.717) is 41.7 Å². The van der Waals surface area contributed by atoms with Crippen molar-refractivity contribution in [2.24, 2.45) is 4.99 Å². The summed E-state index contributed by atoms with van der Waals surface area (Å²) >= 11 is 0. The molecule has 2 heterocycles. The molecule has 0 saturated heterocycles. The Morgan fingerprint density at radius 2 is 1.94 bits per heavy atom. The van der Waals surface area contributed by atoms with Crippen LogP contribution < -0.4 is 19.7 Å². The molecule has 9 heteroatoms. The molecular weight excluding hydrogens is 414 g/mol. The van der Waals surface area contributed by atoms with Gasteiger partial charge < -0.3 is 23.8 Å². The molecule has 2 aliphatic rings. The maximum atomic E-state index is 13.1. The molecule has 0 aliphatic carbocycles. The number of rotatable bonds is 6. The number of aliphatic imine (C=N–C) groups is 1. The van der Waals surface area contributed by atoms with Gasteiger partial charge in [0, 0.05) is 18.2 Å². The van der Waals surface area contributed by atoms with Gasteiger partial charge in [-0.15, -0.1) is 0 Å². The first-order valence-electron chi connectivity index (χ1n) is 10.3. The number of alkyl carbamates (subject to hydrolysis) is 1. The van der Waals surface area contributed by atoms with Crippen LogP contribution in [-0.2, 0) is 14.3 Å². The van der Waals surface area contributed by atoms with Gasteiger partial charge in [0.05, 0.1) is 25.6 Å². The SMILES string of the molecule is C=CCOC(=O)NC1=Cc2cc(OC)c(OC)cc2N2C1=NCCC2C(=O)OC(C)(C)C. The molecular formula is C23H29N3O6. The Morgan fingerprint density at radius 3 is 2.56 bits per heavy atom. The average molecular weight is 444 g/mol. The van der Waals surface area contributed by atoms with Crippen molar-refractivity contribution in [1.82, 2.24) is 5.32 Å². The molecule has 1 unspecified atom stereocenters. The second-order valence-electron chi connectivity index (χ2n) is 8.25. The molecule has 2 aliphatic heterocycles. The van der Waals surface area contributed by atoms with Crippen LogP contribution in [0.5, 0.6) is 11.5 Å². The summed E-state index contributed by atoms with van der Waals surface area (Å²) in [6.07, 6.45) is 3.05. The van der Waals surface area contributed by atoms with E-state index in [2.05, 4.69) is 16.9 Å². The molecule has 1 aromatic carbocycles. The molecule has 1 amide bonds. The molecule has 1 N–H and O–H groups in total. The van der Waals surface area contributed by atoms with Crippen LogP contribution in [0.3, 0.4) is 0 Å².